The number of nitrogens with zero attached hydrogens (tertiary/aromatic N) is 2. The van der Waals surface area contributed by atoms with E-state index in [4.69, 9.17) is 0 Å². The van der Waals surface area contributed by atoms with E-state index in [1.807, 2.05) is 60.9 Å². The summed E-state index contributed by atoms with van der Waals surface area (Å²) >= 11 is 0. The molecule has 0 saturated heterocycles. The number of benzene rings is 1. The number of aryl methyl sites for hydroxylation is 1. The second-order valence-corrected chi connectivity index (χ2v) is 5.60. The first-order valence-electron chi connectivity index (χ1n) is 7.40. The highest BCUT2D eigenvalue weighted by molar-refractivity contribution is 6.37. The van der Waals surface area contributed by atoms with Crippen LogP contribution in [0, 0.1) is 0 Å². The van der Waals surface area contributed by atoms with Crippen molar-refractivity contribution in [2.24, 2.45) is 7.05 Å². The minimum Gasteiger partial charge on any atom is -0.369 e. The van der Waals surface area contributed by atoms with Gasteiger partial charge in [0, 0.05) is 43.3 Å². The summed E-state index contributed by atoms with van der Waals surface area (Å²) in [6.07, 6.45) is 2.82. The van der Waals surface area contributed by atoms with Gasteiger partial charge in [-0.05, 0) is 12.5 Å². The fourth-order valence-electron chi connectivity index (χ4n) is 3.05. The number of rotatable bonds is 4. The van der Waals surface area contributed by atoms with Crippen LogP contribution in [0.3, 0.4) is 0 Å². The number of hydrogen-bond acceptors (Lipinski definition) is 3. The van der Waals surface area contributed by atoms with Crippen LogP contribution in [0.2, 0.25) is 0 Å². The standard InChI is InChI=1S/C17H19N3O2/c1-4-9-19(2)15-14(16(21)18-17(15)22)12-10-20(3)13-8-6-5-7-11(12)13/h5-8,10H,4,9H2,1-3H3,(H,18,21,22). The Labute approximate surface area is 129 Å². The van der Waals surface area contributed by atoms with Gasteiger partial charge in [-0.15, -0.1) is 0 Å². The second kappa shape index (κ2) is 5.33. The molecule has 3 rings (SSSR count). The van der Waals surface area contributed by atoms with Crippen molar-refractivity contribution in [2.45, 2.75) is 13.3 Å². The molecule has 5 heteroatoms. The lowest BCUT2D eigenvalue weighted by Crippen LogP contribution is -2.28. The minimum absolute atomic E-state index is 0.316. The zero-order valence-corrected chi connectivity index (χ0v) is 13.0. The van der Waals surface area contributed by atoms with Crippen molar-refractivity contribution < 1.29 is 9.59 Å². The third-order valence-electron chi connectivity index (χ3n) is 4.01. The van der Waals surface area contributed by atoms with Gasteiger partial charge in [0.2, 0.25) is 0 Å². The lowest BCUT2D eigenvalue weighted by atomic mass is 10.0. The fourth-order valence-corrected chi connectivity index (χ4v) is 3.05. The molecule has 0 unspecified atom stereocenters. The molecule has 1 aromatic carbocycles. The van der Waals surface area contributed by atoms with Gasteiger partial charge < -0.3 is 9.47 Å². The van der Waals surface area contributed by atoms with Crippen LogP contribution >= 0.6 is 0 Å². The van der Waals surface area contributed by atoms with Gasteiger partial charge in [-0.25, -0.2) is 0 Å². The molecule has 2 amide bonds. The number of para-hydroxylation sites is 1. The average Bonchev–Trinajstić information content (AvgIpc) is 2.96. The topological polar surface area (TPSA) is 54.3 Å². The van der Waals surface area contributed by atoms with E-state index in [9.17, 15) is 9.59 Å². The van der Waals surface area contributed by atoms with Crippen molar-refractivity contribution in [3.63, 3.8) is 0 Å². The van der Waals surface area contributed by atoms with Crippen LogP contribution in [0.5, 0.6) is 0 Å². The summed E-state index contributed by atoms with van der Waals surface area (Å²) in [5, 5.41) is 3.40. The molecule has 0 saturated carbocycles. The summed E-state index contributed by atoms with van der Waals surface area (Å²) < 4.78 is 1.98. The molecule has 0 bridgehead atoms. The predicted molar refractivity (Wildman–Crippen MR) is 85.9 cm³/mol. The number of nitrogens with one attached hydrogen (secondary N) is 1. The number of imide groups is 1. The monoisotopic (exact) mass is 297 g/mol. The maximum Gasteiger partial charge on any atom is 0.275 e. The molecule has 0 fully saturated rings. The Morgan fingerprint density at radius 2 is 1.91 bits per heavy atom. The highest BCUT2D eigenvalue weighted by Gasteiger charge is 2.34. The van der Waals surface area contributed by atoms with Crippen LogP contribution in [0.25, 0.3) is 16.5 Å². The van der Waals surface area contributed by atoms with E-state index in [0.717, 1.165) is 29.4 Å². The van der Waals surface area contributed by atoms with Crippen LogP contribution in [0.1, 0.15) is 18.9 Å². The van der Waals surface area contributed by atoms with Crippen LogP contribution in [0.15, 0.2) is 36.2 Å². The first-order valence-corrected chi connectivity index (χ1v) is 7.40. The molecule has 1 aromatic heterocycles. The van der Waals surface area contributed by atoms with Crippen molar-refractivity contribution in [2.75, 3.05) is 13.6 Å². The Balaban J connectivity index is 2.25. The van der Waals surface area contributed by atoms with E-state index >= 15 is 0 Å². The van der Waals surface area contributed by atoms with E-state index in [-0.39, 0.29) is 11.8 Å². The third-order valence-corrected chi connectivity index (χ3v) is 4.01. The summed E-state index contributed by atoms with van der Waals surface area (Å²) in [7, 11) is 3.79. The predicted octanol–water partition coefficient (Wildman–Crippen LogP) is 1.89. The highest BCUT2D eigenvalue weighted by Crippen LogP contribution is 2.32. The fraction of sp³-hybridized carbons (Fsp3) is 0.294. The summed E-state index contributed by atoms with van der Waals surface area (Å²) in [6.45, 7) is 2.77. The number of fused-ring (bicyclic) bond motifs is 1. The van der Waals surface area contributed by atoms with Crippen LogP contribution < -0.4 is 5.32 Å². The largest absolute Gasteiger partial charge is 0.369 e. The van der Waals surface area contributed by atoms with Crippen molar-refractivity contribution in [1.29, 1.82) is 0 Å². The van der Waals surface area contributed by atoms with Crippen molar-refractivity contribution in [1.82, 2.24) is 14.8 Å². The second-order valence-electron chi connectivity index (χ2n) is 5.60. The van der Waals surface area contributed by atoms with E-state index < -0.39 is 0 Å². The SMILES string of the molecule is CCCN(C)C1=C(c2cn(C)c3ccccc23)C(=O)NC1=O. The summed E-state index contributed by atoms with van der Waals surface area (Å²) in [6, 6.07) is 7.88. The summed E-state index contributed by atoms with van der Waals surface area (Å²) in [5.74, 6) is -0.636. The minimum atomic E-state index is -0.320. The van der Waals surface area contributed by atoms with Gasteiger partial charge in [-0.3, -0.25) is 14.9 Å². The quantitative estimate of drug-likeness (QED) is 0.877. The Morgan fingerprint density at radius 1 is 1.18 bits per heavy atom. The van der Waals surface area contributed by atoms with Crippen LogP contribution in [-0.4, -0.2) is 34.9 Å². The molecule has 1 N–H and O–H groups in total. The zero-order chi connectivity index (χ0) is 15.9. The number of carbonyl (C=O) groups excluding carboxylic acids is 2. The maximum atomic E-state index is 12.3. The number of aromatic nitrogens is 1. The van der Waals surface area contributed by atoms with Gasteiger partial charge in [0.1, 0.15) is 5.70 Å². The number of carbonyl (C=O) groups is 2. The van der Waals surface area contributed by atoms with Crippen LogP contribution in [0.4, 0.5) is 0 Å². The van der Waals surface area contributed by atoms with Crippen LogP contribution in [-0.2, 0) is 16.6 Å². The lowest BCUT2D eigenvalue weighted by Gasteiger charge is -2.18. The van der Waals surface area contributed by atoms with Crippen molar-refractivity contribution >= 4 is 28.3 Å². The molecule has 0 atom stereocenters. The van der Waals surface area contributed by atoms with Crippen molar-refractivity contribution in [3.8, 4) is 0 Å². The van der Waals surface area contributed by atoms with Gasteiger partial charge in [-0.1, -0.05) is 25.1 Å². The average molecular weight is 297 g/mol. The molecule has 1 aliphatic rings. The first kappa shape index (κ1) is 14.4. The van der Waals surface area contributed by atoms with E-state index in [2.05, 4.69) is 5.32 Å². The van der Waals surface area contributed by atoms with Gasteiger partial charge in [0.05, 0.1) is 5.57 Å². The zero-order valence-electron chi connectivity index (χ0n) is 13.0. The first-order chi connectivity index (χ1) is 10.5. The van der Waals surface area contributed by atoms with Crippen molar-refractivity contribution in [3.05, 3.63) is 41.7 Å². The lowest BCUT2D eigenvalue weighted by molar-refractivity contribution is -0.124. The van der Waals surface area contributed by atoms with E-state index in [1.54, 1.807) is 0 Å². The smallest absolute Gasteiger partial charge is 0.275 e. The molecule has 114 valence electrons. The molecule has 0 aliphatic carbocycles. The number of amides is 2. The normalized spacial score (nSPS) is 14.9. The summed E-state index contributed by atoms with van der Waals surface area (Å²) in [5.41, 5.74) is 2.77. The Bertz CT molecular complexity index is 801. The number of likely N-dealkylation sites (N-methyl/N-ethyl adjacent to an activating group) is 1. The van der Waals surface area contributed by atoms with Gasteiger partial charge in [0.25, 0.3) is 11.8 Å². The summed E-state index contributed by atoms with van der Waals surface area (Å²) in [4.78, 5) is 26.4. The molecule has 0 spiro atoms. The Morgan fingerprint density at radius 3 is 2.64 bits per heavy atom. The van der Waals surface area contributed by atoms with Gasteiger partial charge in [-0.2, -0.15) is 0 Å². The number of hydrogen-bond donors (Lipinski definition) is 1. The molecule has 22 heavy (non-hydrogen) atoms. The van der Waals surface area contributed by atoms with Gasteiger partial charge in [0.15, 0.2) is 0 Å². The van der Waals surface area contributed by atoms with E-state index in [0.29, 0.717) is 11.3 Å². The molecule has 5 nitrogen and oxygen atoms in total. The maximum absolute atomic E-state index is 12.3. The molecule has 0 radical (unpaired) electrons. The molecule has 2 heterocycles. The Kier molecular flexibility index (Phi) is 3.48. The molecular formula is C17H19N3O2. The molecule has 2 aromatic rings. The molecule has 1 aliphatic heterocycles. The highest BCUT2D eigenvalue weighted by atomic mass is 16.2. The Hall–Kier alpha value is -2.56. The molecular weight excluding hydrogens is 278 g/mol. The van der Waals surface area contributed by atoms with E-state index in [1.165, 1.54) is 0 Å². The van der Waals surface area contributed by atoms with Gasteiger partial charge >= 0.3 is 0 Å². The third kappa shape index (κ3) is 2.09.